The summed E-state index contributed by atoms with van der Waals surface area (Å²) in [7, 11) is 0. The first-order valence-corrected chi connectivity index (χ1v) is 6.55. The minimum atomic E-state index is -0.181. The van der Waals surface area contributed by atoms with Crippen LogP contribution in [-0.2, 0) is 6.42 Å². The minimum Gasteiger partial charge on any atom is -0.324 e. The van der Waals surface area contributed by atoms with Gasteiger partial charge in [0.2, 0.25) is 0 Å². The Morgan fingerprint density at radius 3 is 2.32 bits per heavy atom. The van der Waals surface area contributed by atoms with Crippen molar-refractivity contribution in [2.45, 2.75) is 33.2 Å². The van der Waals surface area contributed by atoms with Crippen molar-refractivity contribution in [3.05, 3.63) is 70.0 Å². The first-order valence-electron chi connectivity index (χ1n) is 6.55. The number of aryl methyl sites for hydroxylation is 3. The van der Waals surface area contributed by atoms with Crippen LogP contribution in [0.5, 0.6) is 0 Å². The van der Waals surface area contributed by atoms with Crippen LogP contribution in [0.1, 0.15) is 33.9 Å². The van der Waals surface area contributed by atoms with Crippen molar-refractivity contribution in [1.82, 2.24) is 0 Å². The molecule has 2 heteroatoms. The lowest BCUT2D eigenvalue weighted by atomic mass is 9.92. The van der Waals surface area contributed by atoms with Gasteiger partial charge in [-0.3, -0.25) is 0 Å². The monoisotopic (exact) mass is 257 g/mol. The number of hydrogen-bond acceptors (Lipinski definition) is 1. The molecule has 0 aliphatic carbocycles. The maximum Gasteiger partial charge on any atom is 0.126 e. The highest BCUT2D eigenvalue weighted by Crippen LogP contribution is 2.23. The summed E-state index contributed by atoms with van der Waals surface area (Å²) in [5.41, 5.74) is 11.7. The molecule has 0 aliphatic rings. The highest BCUT2D eigenvalue weighted by Gasteiger charge is 2.13. The van der Waals surface area contributed by atoms with E-state index in [1.165, 1.54) is 22.8 Å². The molecule has 100 valence electrons. The van der Waals surface area contributed by atoms with Crippen LogP contribution >= 0.6 is 0 Å². The molecule has 0 heterocycles. The normalized spacial score (nSPS) is 12.5. The molecule has 2 N–H and O–H groups in total. The molecule has 0 aromatic heterocycles. The number of halogens is 1. The Morgan fingerprint density at radius 1 is 1.00 bits per heavy atom. The van der Waals surface area contributed by atoms with Gasteiger partial charge in [-0.15, -0.1) is 0 Å². The summed E-state index contributed by atoms with van der Waals surface area (Å²) in [6.45, 7) is 6.23. The fraction of sp³-hybridized carbons (Fsp3) is 0.294. The van der Waals surface area contributed by atoms with Gasteiger partial charge in [0.05, 0.1) is 0 Å². The first kappa shape index (κ1) is 13.8. The zero-order valence-electron chi connectivity index (χ0n) is 11.7. The second-order valence-corrected chi connectivity index (χ2v) is 5.20. The van der Waals surface area contributed by atoms with Gasteiger partial charge in [-0.05, 0) is 61.1 Å². The average molecular weight is 257 g/mol. The summed E-state index contributed by atoms with van der Waals surface area (Å²) in [4.78, 5) is 0. The van der Waals surface area contributed by atoms with E-state index in [-0.39, 0.29) is 11.9 Å². The van der Waals surface area contributed by atoms with E-state index < -0.39 is 0 Å². The molecule has 0 radical (unpaired) electrons. The number of benzene rings is 2. The lowest BCUT2D eigenvalue weighted by molar-refractivity contribution is 0.592. The molecular formula is C17H20FN. The van der Waals surface area contributed by atoms with E-state index in [1.807, 2.05) is 6.07 Å². The molecule has 0 aliphatic heterocycles. The predicted octanol–water partition coefficient (Wildman–Crippen LogP) is 3.99. The van der Waals surface area contributed by atoms with Gasteiger partial charge in [-0.2, -0.15) is 0 Å². The van der Waals surface area contributed by atoms with Crippen LogP contribution in [0.25, 0.3) is 0 Å². The Hall–Kier alpha value is -1.67. The Balaban J connectivity index is 2.28. The number of rotatable bonds is 3. The van der Waals surface area contributed by atoms with E-state index in [0.29, 0.717) is 12.0 Å². The van der Waals surface area contributed by atoms with Gasteiger partial charge in [0.15, 0.2) is 0 Å². The maximum absolute atomic E-state index is 13.7. The van der Waals surface area contributed by atoms with Crippen LogP contribution in [0.3, 0.4) is 0 Å². The molecule has 0 saturated heterocycles. The fourth-order valence-corrected chi connectivity index (χ4v) is 2.39. The molecular weight excluding hydrogens is 237 g/mol. The third-order valence-electron chi connectivity index (χ3n) is 3.68. The van der Waals surface area contributed by atoms with Crippen LogP contribution in [-0.4, -0.2) is 0 Å². The van der Waals surface area contributed by atoms with E-state index >= 15 is 0 Å². The van der Waals surface area contributed by atoms with Crippen molar-refractivity contribution in [3.63, 3.8) is 0 Å². The number of hydrogen-bond donors (Lipinski definition) is 1. The zero-order valence-corrected chi connectivity index (χ0v) is 11.7. The molecule has 0 amide bonds. The molecule has 1 atom stereocenters. The van der Waals surface area contributed by atoms with Gasteiger partial charge in [-0.25, -0.2) is 4.39 Å². The van der Waals surface area contributed by atoms with Crippen LogP contribution < -0.4 is 5.73 Å². The standard InChI is InChI=1S/C17H20FN/c1-11-8-13(3)15(9-12(11)2)17(19)10-14-6-4-5-7-16(14)18/h4-9,17H,10,19H2,1-3H3. The third kappa shape index (κ3) is 3.02. The van der Waals surface area contributed by atoms with Gasteiger partial charge in [0, 0.05) is 6.04 Å². The van der Waals surface area contributed by atoms with Gasteiger partial charge in [0.1, 0.15) is 5.82 Å². The van der Waals surface area contributed by atoms with Gasteiger partial charge >= 0.3 is 0 Å². The third-order valence-corrected chi connectivity index (χ3v) is 3.68. The Labute approximate surface area is 114 Å². The van der Waals surface area contributed by atoms with Crippen molar-refractivity contribution < 1.29 is 4.39 Å². The Morgan fingerprint density at radius 2 is 1.63 bits per heavy atom. The Kier molecular flexibility index (Phi) is 4.01. The van der Waals surface area contributed by atoms with Crippen molar-refractivity contribution in [3.8, 4) is 0 Å². The lowest BCUT2D eigenvalue weighted by Crippen LogP contribution is -2.16. The highest BCUT2D eigenvalue weighted by molar-refractivity contribution is 5.38. The van der Waals surface area contributed by atoms with Crippen LogP contribution in [0.15, 0.2) is 36.4 Å². The van der Waals surface area contributed by atoms with E-state index in [0.717, 1.165) is 5.56 Å². The largest absolute Gasteiger partial charge is 0.324 e. The Bertz CT molecular complexity index is 590. The van der Waals surface area contributed by atoms with Crippen molar-refractivity contribution >= 4 is 0 Å². The average Bonchev–Trinajstić information content (AvgIpc) is 2.36. The smallest absolute Gasteiger partial charge is 0.126 e. The van der Waals surface area contributed by atoms with E-state index in [4.69, 9.17) is 5.73 Å². The molecule has 0 saturated carbocycles. The fourth-order valence-electron chi connectivity index (χ4n) is 2.39. The van der Waals surface area contributed by atoms with Crippen molar-refractivity contribution in [1.29, 1.82) is 0 Å². The molecule has 0 spiro atoms. The summed E-state index contributed by atoms with van der Waals surface area (Å²) >= 11 is 0. The zero-order chi connectivity index (χ0) is 14.0. The lowest BCUT2D eigenvalue weighted by Gasteiger charge is -2.17. The topological polar surface area (TPSA) is 26.0 Å². The summed E-state index contributed by atoms with van der Waals surface area (Å²) < 4.78 is 13.7. The van der Waals surface area contributed by atoms with E-state index in [2.05, 4.69) is 32.9 Å². The van der Waals surface area contributed by atoms with Crippen molar-refractivity contribution in [2.24, 2.45) is 5.73 Å². The van der Waals surface area contributed by atoms with Crippen LogP contribution in [0, 0.1) is 26.6 Å². The molecule has 19 heavy (non-hydrogen) atoms. The molecule has 0 fully saturated rings. The molecule has 2 aromatic carbocycles. The quantitative estimate of drug-likeness (QED) is 0.884. The van der Waals surface area contributed by atoms with Gasteiger partial charge < -0.3 is 5.73 Å². The van der Waals surface area contributed by atoms with Gasteiger partial charge in [-0.1, -0.05) is 30.3 Å². The minimum absolute atomic E-state index is 0.170. The maximum atomic E-state index is 13.7. The van der Waals surface area contributed by atoms with Gasteiger partial charge in [0.25, 0.3) is 0 Å². The predicted molar refractivity (Wildman–Crippen MR) is 77.7 cm³/mol. The molecule has 1 unspecified atom stereocenters. The van der Waals surface area contributed by atoms with Crippen LogP contribution in [0.2, 0.25) is 0 Å². The summed E-state index contributed by atoms with van der Waals surface area (Å²) in [5, 5.41) is 0. The summed E-state index contributed by atoms with van der Waals surface area (Å²) in [5.74, 6) is -0.181. The van der Waals surface area contributed by atoms with Crippen LogP contribution in [0.4, 0.5) is 4.39 Å². The molecule has 2 rings (SSSR count). The molecule has 1 nitrogen and oxygen atoms in total. The summed E-state index contributed by atoms with van der Waals surface area (Å²) in [6, 6.07) is 10.9. The molecule has 2 aromatic rings. The van der Waals surface area contributed by atoms with E-state index in [1.54, 1.807) is 12.1 Å². The highest BCUT2D eigenvalue weighted by atomic mass is 19.1. The molecule has 0 bridgehead atoms. The summed E-state index contributed by atoms with van der Waals surface area (Å²) in [6.07, 6.45) is 0.524. The van der Waals surface area contributed by atoms with Crippen molar-refractivity contribution in [2.75, 3.05) is 0 Å². The second-order valence-electron chi connectivity index (χ2n) is 5.20. The second kappa shape index (κ2) is 5.54. The van der Waals surface area contributed by atoms with E-state index in [9.17, 15) is 4.39 Å². The number of nitrogens with two attached hydrogens (primary N) is 1. The SMILES string of the molecule is Cc1cc(C)c(C(N)Cc2ccccc2F)cc1C. The first-order chi connectivity index (χ1) is 8.99.